The molecule has 0 aliphatic rings. The molecule has 1 unspecified atom stereocenters. The Hall–Kier alpha value is -0.790. The molecule has 84 valence electrons. The first-order valence-electron chi connectivity index (χ1n) is 4.43. The van der Waals surface area contributed by atoms with Crippen LogP contribution in [0.2, 0.25) is 0 Å². The normalized spacial score (nSPS) is 12.8. The molecule has 0 spiro atoms. The van der Waals surface area contributed by atoms with Crippen LogP contribution < -0.4 is 0 Å². The monoisotopic (exact) mass is 346 g/mol. The second-order valence-electron chi connectivity index (χ2n) is 3.23. The largest absolute Gasteiger partial charge is 0.382 e. The molecule has 2 aromatic heterocycles. The number of hydrogen-bond donors (Lipinski definition) is 1. The van der Waals surface area contributed by atoms with E-state index in [1.165, 1.54) is 4.68 Å². The predicted octanol–water partition coefficient (Wildman–Crippen LogP) is 1.82. The number of aryl methyl sites for hydroxylation is 1. The van der Waals surface area contributed by atoms with Gasteiger partial charge < -0.3 is 5.11 Å². The maximum absolute atomic E-state index is 10.2. The summed E-state index contributed by atoms with van der Waals surface area (Å²) in [7, 11) is 1.72. The highest BCUT2D eigenvalue weighted by Gasteiger charge is 2.19. The van der Waals surface area contributed by atoms with Crippen molar-refractivity contribution in [2.45, 2.75) is 6.10 Å². The van der Waals surface area contributed by atoms with Crippen molar-refractivity contribution in [1.29, 1.82) is 0 Å². The number of nitrogens with zero attached hydrogens (tertiary/aromatic N) is 4. The highest BCUT2D eigenvalue weighted by Crippen LogP contribution is 2.27. The molecule has 2 aromatic rings. The van der Waals surface area contributed by atoms with Gasteiger partial charge in [0, 0.05) is 29.5 Å². The molecular weight excluding hydrogens is 340 g/mol. The Kier molecular flexibility index (Phi) is 3.36. The van der Waals surface area contributed by atoms with Crippen molar-refractivity contribution < 1.29 is 5.11 Å². The average Bonchev–Trinajstić information content (AvgIpc) is 2.58. The van der Waals surface area contributed by atoms with Gasteiger partial charge in [-0.05, 0) is 37.9 Å². The van der Waals surface area contributed by atoms with Gasteiger partial charge in [0.25, 0.3) is 0 Å². The first-order valence-corrected chi connectivity index (χ1v) is 6.02. The summed E-state index contributed by atoms with van der Waals surface area (Å²) in [5.74, 6) is 0. The lowest BCUT2D eigenvalue weighted by Gasteiger charge is -2.10. The Morgan fingerprint density at radius 3 is 2.69 bits per heavy atom. The van der Waals surface area contributed by atoms with Gasteiger partial charge >= 0.3 is 0 Å². The van der Waals surface area contributed by atoms with Crippen LogP contribution in [0.5, 0.6) is 0 Å². The van der Waals surface area contributed by atoms with E-state index in [0.717, 1.165) is 4.47 Å². The van der Waals surface area contributed by atoms with E-state index in [0.29, 0.717) is 15.9 Å². The van der Waals surface area contributed by atoms with Crippen LogP contribution in [0, 0.1) is 0 Å². The van der Waals surface area contributed by atoms with Crippen LogP contribution in [0.3, 0.4) is 0 Å². The molecule has 16 heavy (non-hydrogen) atoms. The van der Waals surface area contributed by atoms with Gasteiger partial charge in [-0.2, -0.15) is 0 Å². The van der Waals surface area contributed by atoms with Gasteiger partial charge in [0.1, 0.15) is 11.8 Å². The lowest BCUT2D eigenvalue weighted by Crippen LogP contribution is -2.07. The minimum atomic E-state index is -0.806. The molecule has 1 atom stereocenters. The van der Waals surface area contributed by atoms with E-state index in [1.54, 1.807) is 25.5 Å². The quantitative estimate of drug-likeness (QED) is 0.900. The van der Waals surface area contributed by atoms with Gasteiger partial charge in [-0.3, -0.25) is 4.98 Å². The van der Waals surface area contributed by atoms with Crippen LogP contribution in [0.15, 0.2) is 27.5 Å². The second kappa shape index (κ2) is 4.60. The summed E-state index contributed by atoms with van der Waals surface area (Å²) in [5, 5.41) is 17.8. The maximum Gasteiger partial charge on any atom is 0.154 e. The molecule has 5 nitrogen and oxygen atoms in total. The van der Waals surface area contributed by atoms with Crippen molar-refractivity contribution in [1.82, 2.24) is 20.0 Å². The first-order chi connectivity index (χ1) is 7.59. The van der Waals surface area contributed by atoms with Crippen LogP contribution >= 0.6 is 31.9 Å². The molecule has 0 bridgehead atoms. The topological polar surface area (TPSA) is 63.8 Å². The van der Waals surface area contributed by atoms with E-state index in [1.807, 2.05) is 0 Å². The minimum absolute atomic E-state index is 0.530. The zero-order valence-corrected chi connectivity index (χ0v) is 11.5. The van der Waals surface area contributed by atoms with Crippen LogP contribution in [0.1, 0.15) is 17.4 Å². The molecule has 0 aromatic carbocycles. The van der Waals surface area contributed by atoms with E-state index < -0.39 is 6.10 Å². The first kappa shape index (κ1) is 11.7. The van der Waals surface area contributed by atoms with Crippen LogP contribution in [0.4, 0.5) is 0 Å². The van der Waals surface area contributed by atoms with Gasteiger partial charge in [-0.25, -0.2) is 4.68 Å². The molecule has 0 saturated carbocycles. The summed E-state index contributed by atoms with van der Waals surface area (Å²) in [6, 6.07) is 1.80. The molecule has 2 rings (SSSR count). The van der Waals surface area contributed by atoms with Crippen molar-refractivity contribution in [2.75, 3.05) is 0 Å². The summed E-state index contributed by atoms with van der Waals surface area (Å²) in [5.41, 5.74) is 1.28. The smallest absolute Gasteiger partial charge is 0.154 e. The average molecular weight is 348 g/mol. The van der Waals surface area contributed by atoms with Crippen LogP contribution in [-0.4, -0.2) is 25.1 Å². The number of aliphatic hydroxyl groups is 1. The van der Waals surface area contributed by atoms with Crippen molar-refractivity contribution in [2.24, 2.45) is 7.05 Å². The SMILES string of the molecule is Cn1nnc(Br)c1C(O)c1cncc(Br)c1. The molecule has 0 fully saturated rings. The fourth-order valence-electron chi connectivity index (χ4n) is 1.36. The Bertz CT molecular complexity index is 494. The van der Waals surface area contributed by atoms with Crippen molar-refractivity contribution >= 4 is 31.9 Å². The van der Waals surface area contributed by atoms with Crippen molar-refractivity contribution in [3.63, 3.8) is 0 Å². The van der Waals surface area contributed by atoms with Crippen molar-refractivity contribution in [3.05, 3.63) is 38.8 Å². The molecular formula is C9H8Br2N4O. The third-order valence-corrected chi connectivity index (χ3v) is 3.13. The van der Waals surface area contributed by atoms with E-state index >= 15 is 0 Å². The van der Waals surface area contributed by atoms with E-state index in [4.69, 9.17) is 0 Å². The Morgan fingerprint density at radius 1 is 1.38 bits per heavy atom. The number of halogens is 2. The Morgan fingerprint density at radius 2 is 2.12 bits per heavy atom. The minimum Gasteiger partial charge on any atom is -0.382 e. The number of aliphatic hydroxyl groups excluding tert-OH is 1. The molecule has 2 heterocycles. The number of pyridine rings is 1. The van der Waals surface area contributed by atoms with Crippen LogP contribution in [-0.2, 0) is 7.05 Å². The molecule has 0 aliphatic carbocycles. The lowest BCUT2D eigenvalue weighted by atomic mass is 10.1. The van der Waals surface area contributed by atoms with Crippen molar-refractivity contribution in [3.8, 4) is 0 Å². The zero-order valence-electron chi connectivity index (χ0n) is 8.30. The molecule has 0 amide bonds. The van der Waals surface area contributed by atoms with E-state index in [9.17, 15) is 5.11 Å². The van der Waals surface area contributed by atoms with E-state index in [-0.39, 0.29) is 0 Å². The van der Waals surface area contributed by atoms with Gasteiger partial charge in [-0.1, -0.05) is 5.21 Å². The standard InChI is InChI=1S/C9H8Br2N4O/c1-15-7(9(11)13-14-15)8(16)5-2-6(10)4-12-3-5/h2-4,8,16H,1H3. The number of aromatic nitrogens is 4. The summed E-state index contributed by atoms with van der Waals surface area (Å²) in [4.78, 5) is 4.00. The molecule has 1 N–H and O–H groups in total. The number of hydrogen-bond acceptors (Lipinski definition) is 4. The Balaban J connectivity index is 2.43. The van der Waals surface area contributed by atoms with Gasteiger partial charge in [0.2, 0.25) is 0 Å². The second-order valence-corrected chi connectivity index (χ2v) is 4.89. The highest BCUT2D eigenvalue weighted by atomic mass is 79.9. The lowest BCUT2D eigenvalue weighted by molar-refractivity contribution is 0.208. The molecule has 0 aliphatic heterocycles. The molecule has 0 saturated heterocycles. The molecule has 7 heteroatoms. The van der Waals surface area contributed by atoms with Crippen LogP contribution in [0.25, 0.3) is 0 Å². The summed E-state index contributed by atoms with van der Waals surface area (Å²) in [6.07, 6.45) is 2.46. The summed E-state index contributed by atoms with van der Waals surface area (Å²) >= 11 is 6.55. The maximum atomic E-state index is 10.2. The zero-order chi connectivity index (χ0) is 11.7. The van der Waals surface area contributed by atoms with Gasteiger partial charge in [-0.15, -0.1) is 5.10 Å². The fraction of sp³-hybridized carbons (Fsp3) is 0.222. The predicted molar refractivity (Wildman–Crippen MR) is 64.7 cm³/mol. The number of rotatable bonds is 2. The van der Waals surface area contributed by atoms with E-state index in [2.05, 4.69) is 47.2 Å². The summed E-state index contributed by atoms with van der Waals surface area (Å²) in [6.45, 7) is 0. The fourth-order valence-corrected chi connectivity index (χ4v) is 2.29. The third kappa shape index (κ3) is 2.16. The highest BCUT2D eigenvalue weighted by molar-refractivity contribution is 9.10. The van der Waals surface area contributed by atoms with Gasteiger partial charge in [0.05, 0.1) is 0 Å². The Labute approximate surface area is 109 Å². The molecule has 0 radical (unpaired) electrons. The third-order valence-electron chi connectivity index (χ3n) is 2.13. The summed E-state index contributed by atoms with van der Waals surface area (Å²) < 4.78 is 2.87. The van der Waals surface area contributed by atoms with Gasteiger partial charge in [0.15, 0.2) is 4.60 Å².